The van der Waals surface area contributed by atoms with Gasteiger partial charge in [-0.1, -0.05) is 0 Å². The Morgan fingerprint density at radius 1 is 1.41 bits per heavy atom. The van der Waals surface area contributed by atoms with Crippen LogP contribution in [0.5, 0.6) is 0 Å². The number of rotatable bonds is 2. The maximum atomic E-state index is 11.4. The molecule has 0 saturated heterocycles. The first-order valence-electron chi connectivity index (χ1n) is 5.17. The van der Waals surface area contributed by atoms with Gasteiger partial charge in [-0.3, -0.25) is 9.67 Å². The number of pyridine rings is 1. The highest BCUT2D eigenvalue weighted by molar-refractivity contribution is 5.90. The molecule has 5 nitrogen and oxygen atoms in total. The smallest absolute Gasteiger partial charge is 0.337 e. The summed E-state index contributed by atoms with van der Waals surface area (Å²) in [6.45, 7) is 1.91. The minimum atomic E-state index is -0.368. The molecule has 5 heteroatoms. The topological polar surface area (TPSA) is 57.0 Å². The number of aryl methyl sites for hydroxylation is 2. The maximum absolute atomic E-state index is 11.4. The monoisotopic (exact) mass is 231 g/mol. The molecule has 0 unspecified atom stereocenters. The number of esters is 1. The first-order valence-corrected chi connectivity index (χ1v) is 5.17. The molecule has 0 N–H and O–H groups in total. The van der Waals surface area contributed by atoms with Crippen LogP contribution in [0.3, 0.4) is 0 Å². The van der Waals surface area contributed by atoms with Crippen molar-refractivity contribution in [2.45, 2.75) is 6.92 Å². The first-order chi connectivity index (χ1) is 8.11. The zero-order chi connectivity index (χ0) is 12.4. The predicted molar refractivity (Wildman–Crippen MR) is 62.5 cm³/mol. The number of hydrogen-bond donors (Lipinski definition) is 0. The highest BCUT2D eigenvalue weighted by Crippen LogP contribution is 2.18. The number of methoxy groups -OCH3 is 1. The first kappa shape index (κ1) is 11.3. The molecule has 0 aliphatic carbocycles. The van der Waals surface area contributed by atoms with Gasteiger partial charge in [-0.15, -0.1) is 0 Å². The van der Waals surface area contributed by atoms with Gasteiger partial charge in [0.05, 0.1) is 29.8 Å². The van der Waals surface area contributed by atoms with Crippen molar-refractivity contribution < 1.29 is 9.53 Å². The van der Waals surface area contributed by atoms with Crippen LogP contribution in [-0.2, 0) is 11.8 Å². The Morgan fingerprint density at radius 3 is 2.76 bits per heavy atom. The van der Waals surface area contributed by atoms with E-state index in [1.807, 2.05) is 20.0 Å². The van der Waals surface area contributed by atoms with E-state index in [1.54, 1.807) is 23.0 Å². The molecule has 0 aliphatic rings. The molecule has 2 rings (SSSR count). The standard InChI is InChI=1S/C12H13N3O2/c1-8-6-11(15(2)14-8)10-7-9(4-5-13-10)12(16)17-3/h4-7H,1-3H3. The van der Waals surface area contributed by atoms with Crippen molar-refractivity contribution in [1.29, 1.82) is 0 Å². The van der Waals surface area contributed by atoms with Crippen LogP contribution >= 0.6 is 0 Å². The van der Waals surface area contributed by atoms with Gasteiger partial charge in [-0.2, -0.15) is 5.10 Å². The summed E-state index contributed by atoms with van der Waals surface area (Å²) in [6.07, 6.45) is 1.59. The van der Waals surface area contributed by atoms with Gasteiger partial charge in [0.25, 0.3) is 0 Å². The van der Waals surface area contributed by atoms with Gasteiger partial charge >= 0.3 is 5.97 Å². The lowest BCUT2D eigenvalue weighted by molar-refractivity contribution is 0.0600. The lowest BCUT2D eigenvalue weighted by Crippen LogP contribution is -2.02. The molecule has 2 aromatic heterocycles. The third-order valence-electron chi connectivity index (χ3n) is 2.45. The van der Waals surface area contributed by atoms with E-state index in [1.165, 1.54) is 7.11 Å². The number of aromatic nitrogens is 3. The molecule has 0 fully saturated rings. The summed E-state index contributed by atoms with van der Waals surface area (Å²) >= 11 is 0. The summed E-state index contributed by atoms with van der Waals surface area (Å²) in [7, 11) is 3.20. The average Bonchev–Trinajstić information content (AvgIpc) is 2.67. The van der Waals surface area contributed by atoms with Gasteiger partial charge in [-0.25, -0.2) is 4.79 Å². The Labute approximate surface area is 99.1 Å². The largest absolute Gasteiger partial charge is 0.465 e. The van der Waals surface area contributed by atoms with E-state index in [2.05, 4.69) is 14.8 Å². The summed E-state index contributed by atoms with van der Waals surface area (Å²) < 4.78 is 6.41. The summed E-state index contributed by atoms with van der Waals surface area (Å²) in [5, 5.41) is 4.24. The van der Waals surface area contributed by atoms with Crippen LogP contribution in [0.1, 0.15) is 16.1 Å². The fourth-order valence-corrected chi connectivity index (χ4v) is 1.67. The molecule has 0 radical (unpaired) electrons. The molecule has 0 bridgehead atoms. The van der Waals surface area contributed by atoms with E-state index in [9.17, 15) is 4.79 Å². The summed E-state index contributed by atoms with van der Waals surface area (Å²) in [5.41, 5.74) is 2.97. The molecule has 88 valence electrons. The molecular formula is C12H13N3O2. The maximum Gasteiger partial charge on any atom is 0.337 e. The van der Waals surface area contributed by atoms with Crippen LogP contribution in [0.15, 0.2) is 24.4 Å². The average molecular weight is 231 g/mol. The Morgan fingerprint density at radius 2 is 2.18 bits per heavy atom. The number of ether oxygens (including phenoxy) is 1. The molecule has 0 aliphatic heterocycles. The Hall–Kier alpha value is -2.17. The molecule has 0 atom stereocenters. The van der Waals surface area contributed by atoms with Crippen molar-refractivity contribution >= 4 is 5.97 Å². The van der Waals surface area contributed by atoms with Crippen LogP contribution < -0.4 is 0 Å². The summed E-state index contributed by atoms with van der Waals surface area (Å²) in [4.78, 5) is 15.6. The Bertz CT molecular complexity index is 561. The highest BCUT2D eigenvalue weighted by Gasteiger charge is 2.10. The van der Waals surface area contributed by atoms with Gasteiger partial charge in [0.2, 0.25) is 0 Å². The molecule has 0 saturated carbocycles. The normalized spacial score (nSPS) is 10.3. The lowest BCUT2D eigenvalue weighted by atomic mass is 10.2. The van der Waals surface area contributed by atoms with Gasteiger partial charge in [0.15, 0.2) is 0 Å². The van der Waals surface area contributed by atoms with Crippen molar-refractivity contribution in [2.24, 2.45) is 7.05 Å². The fourth-order valence-electron chi connectivity index (χ4n) is 1.67. The van der Waals surface area contributed by atoms with Crippen molar-refractivity contribution in [2.75, 3.05) is 7.11 Å². The van der Waals surface area contributed by atoms with Crippen molar-refractivity contribution in [3.05, 3.63) is 35.7 Å². The van der Waals surface area contributed by atoms with Crippen LogP contribution in [0.4, 0.5) is 0 Å². The fraction of sp³-hybridized carbons (Fsp3) is 0.250. The molecule has 17 heavy (non-hydrogen) atoms. The van der Waals surface area contributed by atoms with Crippen LogP contribution in [-0.4, -0.2) is 27.8 Å². The second-order valence-electron chi connectivity index (χ2n) is 3.72. The SMILES string of the molecule is COC(=O)c1ccnc(-c2cc(C)nn2C)c1. The van der Waals surface area contributed by atoms with Crippen LogP contribution in [0, 0.1) is 6.92 Å². The number of carbonyl (C=O) groups excluding carboxylic acids is 1. The zero-order valence-electron chi connectivity index (χ0n) is 9.97. The van der Waals surface area contributed by atoms with E-state index in [-0.39, 0.29) is 5.97 Å². The quantitative estimate of drug-likeness (QED) is 0.736. The van der Waals surface area contributed by atoms with E-state index < -0.39 is 0 Å². The van der Waals surface area contributed by atoms with E-state index in [0.29, 0.717) is 11.3 Å². The second-order valence-corrected chi connectivity index (χ2v) is 3.72. The molecular weight excluding hydrogens is 218 g/mol. The minimum absolute atomic E-state index is 0.368. The van der Waals surface area contributed by atoms with Gasteiger partial charge < -0.3 is 4.74 Å². The third kappa shape index (κ3) is 2.18. The van der Waals surface area contributed by atoms with E-state index >= 15 is 0 Å². The zero-order valence-corrected chi connectivity index (χ0v) is 9.97. The molecule has 2 aromatic rings. The number of hydrogen-bond acceptors (Lipinski definition) is 4. The molecule has 0 amide bonds. The molecule has 0 aromatic carbocycles. The Kier molecular flexibility index (Phi) is 2.91. The number of carbonyl (C=O) groups is 1. The van der Waals surface area contributed by atoms with E-state index in [4.69, 9.17) is 0 Å². The third-order valence-corrected chi connectivity index (χ3v) is 2.45. The molecule has 0 spiro atoms. The van der Waals surface area contributed by atoms with Crippen molar-refractivity contribution in [3.63, 3.8) is 0 Å². The summed E-state index contributed by atoms with van der Waals surface area (Å²) in [5.74, 6) is -0.368. The lowest BCUT2D eigenvalue weighted by Gasteiger charge is -2.03. The Balaban J connectivity index is 2.46. The molecule has 2 heterocycles. The van der Waals surface area contributed by atoms with Crippen molar-refractivity contribution in [1.82, 2.24) is 14.8 Å². The van der Waals surface area contributed by atoms with E-state index in [0.717, 1.165) is 11.4 Å². The second kappa shape index (κ2) is 4.37. The predicted octanol–water partition coefficient (Wildman–Crippen LogP) is 1.58. The van der Waals surface area contributed by atoms with Crippen LogP contribution in [0.25, 0.3) is 11.4 Å². The minimum Gasteiger partial charge on any atom is -0.465 e. The van der Waals surface area contributed by atoms with Crippen LogP contribution in [0.2, 0.25) is 0 Å². The summed E-state index contributed by atoms with van der Waals surface area (Å²) in [6, 6.07) is 5.24. The van der Waals surface area contributed by atoms with Gasteiger partial charge in [0, 0.05) is 13.2 Å². The van der Waals surface area contributed by atoms with Crippen molar-refractivity contribution in [3.8, 4) is 11.4 Å². The number of nitrogens with zero attached hydrogens (tertiary/aromatic N) is 3. The highest BCUT2D eigenvalue weighted by atomic mass is 16.5. The van der Waals surface area contributed by atoms with Gasteiger partial charge in [-0.05, 0) is 25.1 Å². The van der Waals surface area contributed by atoms with Gasteiger partial charge in [0.1, 0.15) is 0 Å².